The predicted octanol–water partition coefficient (Wildman–Crippen LogP) is 1.33. The van der Waals surface area contributed by atoms with Gasteiger partial charge in [0.2, 0.25) is 0 Å². The molecule has 0 bridgehead atoms. The highest BCUT2D eigenvalue weighted by molar-refractivity contribution is 5.52. The van der Waals surface area contributed by atoms with Crippen LogP contribution in [0.4, 0.5) is 5.82 Å². The van der Waals surface area contributed by atoms with Crippen molar-refractivity contribution in [2.24, 2.45) is 0 Å². The summed E-state index contributed by atoms with van der Waals surface area (Å²) in [4.78, 5) is 11.4. The second-order valence-corrected chi connectivity index (χ2v) is 5.09. The fourth-order valence-corrected chi connectivity index (χ4v) is 2.93. The van der Waals surface area contributed by atoms with Crippen molar-refractivity contribution in [2.45, 2.75) is 32.1 Å². The van der Waals surface area contributed by atoms with Crippen molar-refractivity contribution in [3.63, 3.8) is 0 Å². The van der Waals surface area contributed by atoms with Crippen molar-refractivity contribution >= 4 is 5.82 Å². The number of rotatable bonds is 1. The van der Waals surface area contributed by atoms with Gasteiger partial charge in [-0.1, -0.05) is 6.92 Å². The zero-order valence-electron chi connectivity index (χ0n) is 10.4. The summed E-state index contributed by atoms with van der Waals surface area (Å²) >= 11 is 0. The third kappa shape index (κ3) is 2.02. The van der Waals surface area contributed by atoms with E-state index in [9.17, 15) is 0 Å². The second-order valence-electron chi connectivity index (χ2n) is 5.09. The highest BCUT2D eigenvalue weighted by Gasteiger charge is 2.26. The Morgan fingerprint density at radius 2 is 2.24 bits per heavy atom. The Labute approximate surface area is 102 Å². The van der Waals surface area contributed by atoms with Gasteiger partial charge in [-0.3, -0.25) is 0 Å². The van der Waals surface area contributed by atoms with Crippen LogP contribution in [0.2, 0.25) is 0 Å². The van der Waals surface area contributed by atoms with Gasteiger partial charge >= 0.3 is 0 Å². The molecule has 4 nitrogen and oxygen atoms in total. The lowest BCUT2D eigenvalue weighted by Gasteiger charge is -2.24. The minimum absolute atomic E-state index is 0.623. The Kier molecular flexibility index (Phi) is 2.97. The summed E-state index contributed by atoms with van der Waals surface area (Å²) in [5.74, 6) is 1.82. The molecule has 1 aromatic rings. The largest absolute Gasteiger partial charge is 0.355 e. The number of fused-ring (bicyclic) bond motifs is 1. The molecule has 2 heterocycles. The van der Waals surface area contributed by atoms with Gasteiger partial charge in [0.1, 0.15) is 12.1 Å². The first-order valence-electron chi connectivity index (χ1n) is 6.65. The van der Waals surface area contributed by atoms with Crippen molar-refractivity contribution in [1.29, 1.82) is 0 Å². The molecule has 0 spiro atoms. The topological polar surface area (TPSA) is 41.1 Å². The standard InChI is InChI=1S/C13H20N4/c1-10-3-4-11-12(10)13(16-9-15-11)17-7-2-5-14-6-8-17/h9-10,14H,2-8H2,1H3/t10-/m1/s1. The van der Waals surface area contributed by atoms with E-state index in [4.69, 9.17) is 0 Å². The van der Waals surface area contributed by atoms with Crippen LogP contribution >= 0.6 is 0 Å². The van der Waals surface area contributed by atoms with E-state index < -0.39 is 0 Å². The number of hydrogen-bond donors (Lipinski definition) is 1. The molecule has 0 saturated carbocycles. The minimum Gasteiger partial charge on any atom is -0.355 e. The second kappa shape index (κ2) is 4.61. The maximum atomic E-state index is 4.55. The fourth-order valence-electron chi connectivity index (χ4n) is 2.93. The van der Waals surface area contributed by atoms with E-state index in [0.29, 0.717) is 5.92 Å². The van der Waals surface area contributed by atoms with Crippen LogP contribution in [0.15, 0.2) is 6.33 Å². The highest BCUT2D eigenvalue weighted by Crippen LogP contribution is 2.36. The van der Waals surface area contributed by atoms with Crippen LogP contribution in [0.25, 0.3) is 0 Å². The van der Waals surface area contributed by atoms with E-state index in [1.54, 1.807) is 6.33 Å². The van der Waals surface area contributed by atoms with Crippen molar-refractivity contribution in [2.75, 3.05) is 31.1 Å². The lowest BCUT2D eigenvalue weighted by molar-refractivity contribution is 0.723. The summed E-state index contributed by atoms with van der Waals surface area (Å²) in [5, 5.41) is 3.44. The summed E-state index contributed by atoms with van der Waals surface area (Å²) in [6, 6.07) is 0. The third-order valence-electron chi connectivity index (χ3n) is 3.89. The Bertz CT molecular complexity index is 396. The lowest BCUT2D eigenvalue weighted by Crippen LogP contribution is -2.29. The Morgan fingerprint density at radius 1 is 1.29 bits per heavy atom. The quantitative estimate of drug-likeness (QED) is 0.793. The molecule has 0 radical (unpaired) electrons. The predicted molar refractivity (Wildman–Crippen MR) is 68.5 cm³/mol. The van der Waals surface area contributed by atoms with Gasteiger partial charge in [-0.2, -0.15) is 0 Å². The normalized spacial score (nSPS) is 24.5. The van der Waals surface area contributed by atoms with Crippen molar-refractivity contribution in [1.82, 2.24) is 15.3 Å². The summed E-state index contributed by atoms with van der Waals surface area (Å²) in [6.45, 7) is 6.67. The van der Waals surface area contributed by atoms with E-state index in [-0.39, 0.29) is 0 Å². The van der Waals surface area contributed by atoms with Gasteiger partial charge in [0.05, 0.1) is 0 Å². The van der Waals surface area contributed by atoms with Gasteiger partial charge in [0.25, 0.3) is 0 Å². The van der Waals surface area contributed by atoms with E-state index in [1.807, 2.05) is 0 Å². The number of anilines is 1. The molecule has 1 N–H and O–H groups in total. The van der Waals surface area contributed by atoms with E-state index in [0.717, 1.165) is 32.6 Å². The van der Waals surface area contributed by atoms with Crippen molar-refractivity contribution in [3.05, 3.63) is 17.6 Å². The molecule has 17 heavy (non-hydrogen) atoms. The fraction of sp³-hybridized carbons (Fsp3) is 0.692. The summed E-state index contributed by atoms with van der Waals surface area (Å²) in [5.41, 5.74) is 2.69. The summed E-state index contributed by atoms with van der Waals surface area (Å²) < 4.78 is 0. The number of aryl methyl sites for hydroxylation is 1. The van der Waals surface area contributed by atoms with Gasteiger partial charge in [-0.05, 0) is 31.7 Å². The zero-order chi connectivity index (χ0) is 11.7. The molecule has 1 aliphatic carbocycles. The summed E-state index contributed by atoms with van der Waals surface area (Å²) in [6.07, 6.45) is 5.29. The van der Waals surface area contributed by atoms with Crippen LogP contribution < -0.4 is 10.2 Å². The highest BCUT2D eigenvalue weighted by atomic mass is 15.2. The lowest BCUT2D eigenvalue weighted by atomic mass is 10.1. The van der Waals surface area contributed by atoms with Gasteiger partial charge in [0.15, 0.2) is 0 Å². The molecule has 1 aliphatic heterocycles. The molecule has 3 rings (SSSR count). The number of nitrogens with zero attached hydrogens (tertiary/aromatic N) is 3. The van der Waals surface area contributed by atoms with Crippen LogP contribution in [0, 0.1) is 0 Å². The maximum Gasteiger partial charge on any atom is 0.135 e. The molecular weight excluding hydrogens is 212 g/mol. The number of hydrogen-bond acceptors (Lipinski definition) is 4. The molecular formula is C13H20N4. The zero-order valence-corrected chi connectivity index (χ0v) is 10.4. The van der Waals surface area contributed by atoms with Gasteiger partial charge in [-0.15, -0.1) is 0 Å². The van der Waals surface area contributed by atoms with Crippen LogP contribution in [-0.2, 0) is 6.42 Å². The molecule has 4 heteroatoms. The smallest absolute Gasteiger partial charge is 0.135 e. The SMILES string of the molecule is C[C@@H]1CCc2ncnc(N3CCCNCC3)c21. The van der Waals surface area contributed by atoms with Crippen molar-refractivity contribution < 1.29 is 0 Å². The molecule has 0 unspecified atom stereocenters. The van der Waals surface area contributed by atoms with E-state index >= 15 is 0 Å². The Morgan fingerprint density at radius 3 is 3.18 bits per heavy atom. The average Bonchev–Trinajstić information content (AvgIpc) is 2.59. The maximum absolute atomic E-state index is 4.55. The molecule has 0 amide bonds. The first kappa shape index (κ1) is 11.0. The molecule has 1 atom stereocenters. The van der Waals surface area contributed by atoms with Crippen LogP contribution in [-0.4, -0.2) is 36.1 Å². The van der Waals surface area contributed by atoms with Gasteiger partial charge in [-0.25, -0.2) is 9.97 Å². The minimum atomic E-state index is 0.623. The molecule has 2 aliphatic rings. The van der Waals surface area contributed by atoms with Crippen LogP contribution in [0.1, 0.15) is 36.9 Å². The third-order valence-corrected chi connectivity index (χ3v) is 3.89. The van der Waals surface area contributed by atoms with Gasteiger partial charge in [0, 0.05) is 30.9 Å². The Balaban J connectivity index is 1.94. The van der Waals surface area contributed by atoms with Crippen LogP contribution in [0.3, 0.4) is 0 Å². The first-order valence-corrected chi connectivity index (χ1v) is 6.65. The molecule has 92 valence electrons. The molecule has 1 aromatic heterocycles. The van der Waals surface area contributed by atoms with E-state index in [1.165, 1.54) is 29.9 Å². The Hall–Kier alpha value is -1.16. The average molecular weight is 232 g/mol. The molecule has 0 aromatic carbocycles. The molecule has 1 fully saturated rings. The monoisotopic (exact) mass is 232 g/mol. The van der Waals surface area contributed by atoms with Crippen molar-refractivity contribution in [3.8, 4) is 0 Å². The number of nitrogens with one attached hydrogen (secondary N) is 1. The first-order chi connectivity index (χ1) is 8.36. The van der Waals surface area contributed by atoms with Gasteiger partial charge < -0.3 is 10.2 Å². The summed E-state index contributed by atoms with van der Waals surface area (Å²) in [7, 11) is 0. The number of aromatic nitrogens is 2. The van der Waals surface area contributed by atoms with Crippen LogP contribution in [0.5, 0.6) is 0 Å². The van der Waals surface area contributed by atoms with E-state index in [2.05, 4.69) is 27.1 Å². The molecule has 1 saturated heterocycles.